The molecule has 1 saturated heterocycles. The number of tetrazole rings is 1. The fourth-order valence-electron chi connectivity index (χ4n) is 4.31. The molecule has 2 heterocycles. The van der Waals surface area contributed by atoms with E-state index in [0.29, 0.717) is 0 Å². The summed E-state index contributed by atoms with van der Waals surface area (Å²) in [6, 6.07) is 13.1. The minimum atomic E-state index is -0.252. The average Bonchev–Trinajstić information content (AvgIpc) is 3.22. The van der Waals surface area contributed by atoms with Gasteiger partial charge in [0.1, 0.15) is 5.82 Å². The van der Waals surface area contributed by atoms with Gasteiger partial charge in [0.25, 0.3) is 0 Å². The quantitative estimate of drug-likeness (QED) is 0.634. The van der Waals surface area contributed by atoms with E-state index in [0.717, 1.165) is 37.6 Å². The summed E-state index contributed by atoms with van der Waals surface area (Å²) < 4.78 is 15.5. The number of benzene rings is 2. The van der Waals surface area contributed by atoms with Crippen molar-refractivity contribution in [3.63, 3.8) is 0 Å². The number of rotatable bonds is 4. The molecule has 6 nitrogen and oxygen atoms in total. The monoisotopic (exact) mass is 422 g/mol. The van der Waals surface area contributed by atoms with Gasteiger partial charge in [0.2, 0.25) is 0 Å². The molecule has 0 unspecified atom stereocenters. The Labute approximate surface area is 183 Å². The summed E-state index contributed by atoms with van der Waals surface area (Å²) in [4.78, 5) is 4.86. The number of nitrogens with zero attached hydrogens (tertiary/aromatic N) is 6. The number of halogens is 1. The first-order valence-electron chi connectivity index (χ1n) is 10.8. The zero-order chi connectivity index (χ0) is 22.2. The van der Waals surface area contributed by atoms with Gasteiger partial charge in [0, 0.05) is 31.9 Å². The highest BCUT2D eigenvalue weighted by Gasteiger charge is 2.33. The van der Waals surface area contributed by atoms with E-state index in [1.54, 1.807) is 0 Å². The molecule has 4 rings (SSSR count). The van der Waals surface area contributed by atoms with E-state index in [4.69, 9.17) is 0 Å². The smallest absolute Gasteiger partial charge is 0.173 e. The second kappa shape index (κ2) is 8.38. The first-order chi connectivity index (χ1) is 14.8. The molecule has 1 aliphatic rings. The second-order valence-corrected chi connectivity index (χ2v) is 9.32. The van der Waals surface area contributed by atoms with E-state index in [1.807, 2.05) is 16.8 Å². The summed E-state index contributed by atoms with van der Waals surface area (Å²) in [7, 11) is 0. The van der Waals surface area contributed by atoms with Crippen molar-refractivity contribution in [2.24, 2.45) is 0 Å². The molecule has 1 aromatic heterocycles. The zero-order valence-corrected chi connectivity index (χ0v) is 19.0. The molecule has 0 bridgehead atoms. The number of aryl methyl sites for hydroxylation is 1. The zero-order valence-electron chi connectivity index (χ0n) is 19.0. The van der Waals surface area contributed by atoms with E-state index in [-0.39, 0.29) is 17.4 Å². The van der Waals surface area contributed by atoms with Crippen molar-refractivity contribution >= 4 is 5.69 Å². The molecule has 0 N–H and O–H groups in total. The van der Waals surface area contributed by atoms with Crippen molar-refractivity contribution in [3.05, 3.63) is 70.8 Å². The molecule has 0 aliphatic carbocycles. The van der Waals surface area contributed by atoms with E-state index in [9.17, 15) is 4.39 Å². The molecular weight excluding hydrogens is 391 g/mol. The molecule has 164 valence electrons. The van der Waals surface area contributed by atoms with Gasteiger partial charge in [-0.25, -0.2) is 9.07 Å². The number of hydrogen-bond acceptors (Lipinski definition) is 5. The maximum Gasteiger partial charge on any atom is 0.173 e. The molecule has 2 aromatic carbocycles. The van der Waals surface area contributed by atoms with Crippen LogP contribution < -0.4 is 4.90 Å². The minimum Gasteiger partial charge on any atom is -0.369 e. The average molecular weight is 423 g/mol. The number of anilines is 1. The van der Waals surface area contributed by atoms with Crippen LogP contribution >= 0.6 is 0 Å². The Kier molecular flexibility index (Phi) is 5.79. The van der Waals surface area contributed by atoms with Gasteiger partial charge in [-0.05, 0) is 79.9 Å². The largest absolute Gasteiger partial charge is 0.369 e. The van der Waals surface area contributed by atoms with Gasteiger partial charge in [-0.15, -0.1) is 5.10 Å². The molecule has 0 amide bonds. The minimum absolute atomic E-state index is 0.129. The maximum absolute atomic E-state index is 13.6. The van der Waals surface area contributed by atoms with E-state index in [1.165, 1.54) is 28.9 Å². The van der Waals surface area contributed by atoms with Crippen LogP contribution in [0.1, 0.15) is 49.3 Å². The van der Waals surface area contributed by atoms with Crippen molar-refractivity contribution < 1.29 is 4.39 Å². The normalized spacial score (nSPS) is 16.5. The Morgan fingerprint density at radius 1 is 0.935 bits per heavy atom. The molecule has 0 radical (unpaired) electrons. The van der Waals surface area contributed by atoms with Crippen LogP contribution in [0.15, 0.2) is 42.5 Å². The van der Waals surface area contributed by atoms with Gasteiger partial charge in [0.15, 0.2) is 5.82 Å². The second-order valence-electron chi connectivity index (χ2n) is 9.32. The summed E-state index contributed by atoms with van der Waals surface area (Å²) in [5.74, 6) is 0.553. The van der Waals surface area contributed by atoms with E-state index < -0.39 is 0 Å². The van der Waals surface area contributed by atoms with Gasteiger partial charge in [-0.3, -0.25) is 4.90 Å². The Bertz CT molecular complexity index is 1030. The standard InChI is InChI=1S/C24H31FN6/c1-17-7-6-8-21(18(17)2)29-13-15-30(16-14-29)22(19-9-11-20(25)12-10-19)23-26-27-28-31(23)24(3,4)5/h6-12,22H,13-16H2,1-5H3/t22-/m0/s1. The third-order valence-corrected chi connectivity index (χ3v) is 6.16. The molecule has 0 spiro atoms. The highest BCUT2D eigenvalue weighted by molar-refractivity contribution is 5.56. The highest BCUT2D eigenvalue weighted by atomic mass is 19.1. The van der Waals surface area contributed by atoms with E-state index in [2.05, 4.69) is 78.1 Å². The molecule has 0 saturated carbocycles. The van der Waals surface area contributed by atoms with Crippen LogP contribution in [-0.2, 0) is 5.54 Å². The van der Waals surface area contributed by atoms with Gasteiger partial charge in [-0.1, -0.05) is 24.3 Å². The lowest BCUT2D eigenvalue weighted by atomic mass is 10.0. The Morgan fingerprint density at radius 2 is 1.61 bits per heavy atom. The first kappa shape index (κ1) is 21.4. The molecule has 7 heteroatoms. The van der Waals surface area contributed by atoms with Crippen molar-refractivity contribution in [3.8, 4) is 0 Å². The van der Waals surface area contributed by atoms with Crippen LogP contribution in [0.25, 0.3) is 0 Å². The topological polar surface area (TPSA) is 50.1 Å². The molecule has 1 atom stereocenters. The number of piperazine rings is 1. The molecule has 1 aliphatic heterocycles. The fourth-order valence-corrected chi connectivity index (χ4v) is 4.31. The third kappa shape index (κ3) is 4.32. The fraction of sp³-hybridized carbons (Fsp3) is 0.458. The lowest BCUT2D eigenvalue weighted by Gasteiger charge is -2.41. The lowest BCUT2D eigenvalue weighted by molar-refractivity contribution is 0.191. The van der Waals surface area contributed by atoms with Gasteiger partial charge in [0.05, 0.1) is 11.6 Å². The molecular formula is C24H31FN6. The molecule has 31 heavy (non-hydrogen) atoms. The summed E-state index contributed by atoms with van der Waals surface area (Å²) in [6.07, 6.45) is 0. The first-order valence-corrected chi connectivity index (χ1v) is 10.8. The summed E-state index contributed by atoms with van der Waals surface area (Å²) in [6.45, 7) is 14.2. The van der Waals surface area contributed by atoms with Crippen LogP contribution in [0.4, 0.5) is 10.1 Å². The highest BCUT2D eigenvalue weighted by Crippen LogP contribution is 2.32. The van der Waals surface area contributed by atoms with Crippen LogP contribution in [0, 0.1) is 19.7 Å². The van der Waals surface area contributed by atoms with Crippen molar-refractivity contribution in [1.29, 1.82) is 0 Å². The SMILES string of the molecule is Cc1cccc(N2CCN([C@@H](c3ccc(F)cc3)c3nnnn3C(C)(C)C)CC2)c1C. The predicted molar refractivity (Wildman–Crippen MR) is 121 cm³/mol. The van der Waals surface area contributed by atoms with E-state index >= 15 is 0 Å². The van der Waals surface area contributed by atoms with Crippen LogP contribution in [0.2, 0.25) is 0 Å². The molecule has 1 fully saturated rings. The van der Waals surface area contributed by atoms with Crippen LogP contribution in [0.3, 0.4) is 0 Å². The Balaban J connectivity index is 1.64. The Morgan fingerprint density at radius 3 is 2.26 bits per heavy atom. The predicted octanol–water partition coefficient (Wildman–Crippen LogP) is 4.10. The van der Waals surface area contributed by atoms with Gasteiger partial charge >= 0.3 is 0 Å². The van der Waals surface area contributed by atoms with Gasteiger partial charge < -0.3 is 4.90 Å². The Hall–Kier alpha value is -2.80. The molecule has 3 aromatic rings. The van der Waals surface area contributed by atoms with Crippen LogP contribution in [-0.4, -0.2) is 51.3 Å². The number of aromatic nitrogens is 4. The van der Waals surface area contributed by atoms with Crippen molar-refractivity contribution in [2.75, 3.05) is 31.1 Å². The maximum atomic E-state index is 13.6. The number of hydrogen-bond donors (Lipinski definition) is 0. The third-order valence-electron chi connectivity index (χ3n) is 6.16. The summed E-state index contributed by atoms with van der Waals surface area (Å²) in [5, 5.41) is 12.7. The van der Waals surface area contributed by atoms with Crippen molar-refractivity contribution in [2.45, 2.75) is 46.2 Å². The summed E-state index contributed by atoms with van der Waals surface area (Å²) >= 11 is 0. The lowest BCUT2D eigenvalue weighted by Crippen LogP contribution is -2.49. The summed E-state index contributed by atoms with van der Waals surface area (Å²) in [5.41, 5.74) is 4.70. The van der Waals surface area contributed by atoms with Crippen molar-refractivity contribution in [1.82, 2.24) is 25.1 Å². The van der Waals surface area contributed by atoms with Crippen LogP contribution in [0.5, 0.6) is 0 Å². The van der Waals surface area contributed by atoms with Gasteiger partial charge in [-0.2, -0.15) is 0 Å².